The predicted octanol–water partition coefficient (Wildman–Crippen LogP) is 2.70. The summed E-state index contributed by atoms with van der Waals surface area (Å²) in [5.74, 6) is 1.58. The molecule has 1 heterocycles. The molecule has 1 saturated heterocycles. The fraction of sp³-hybridized carbons (Fsp3) is 0.625. The van der Waals surface area contributed by atoms with Crippen LogP contribution in [0.3, 0.4) is 0 Å². The number of hydrogen-bond acceptors (Lipinski definition) is 3. The summed E-state index contributed by atoms with van der Waals surface area (Å²) >= 11 is 0. The van der Waals surface area contributed by atoms with Crippen LogP contribution in [0.2, 0.25) is 0 Å². The average Bonchev–Trinajstić information content (AvgIpc) is 2.93. The quantitative estimate of drug-likeness (QED) is 0.856. The van der Waals surface area contributed by atoms with Crippen LogP contribution >= 0.6 is 0 Å². The number of hydrogen-bond donors (Lipinski definition) is 1. The van der Waals surface area contributed by atoms with E-state index in [-0.39, 0.29) is 0 Å². The molecule has 2 rings (SSSR count). The number of rotatable bonds is 6. The molecule has 0 aliphatic carbocycles. The van der Waals surface area contributed by atoms with Gasteiger partial charge in [-0.25, -0.2) is 0 Å². The molecule has 2 unspecified atom stereocenters. The Morgan fingerprint density at radius 2 is 2.26 bits per heavy atom. The molecule has 1 fully saturated rings. The van der Waals surface area contributed by atoms with Gasteiger partial charge in [0.05, 0.1) is 6.61 Å². The highest BCUT2D eigenvalue weighted by Gasteiger charge is 2.25. The SMILES string of the molecule is CCNC(COc1cccc(C)c1C)C1CCOC1. The molecule has 0 amide bonds. The van der Waals surface area contributed by atoms with Crippen LogP contribution in [0.25, 0.3) is 0 Å². The zero-order chi connectivity index (χ0) is 13.7. The first-order valence-electron chi connectivity index (χ1n) is 7.22. The lowest BCUT2D eigenvalue weighted by Gasteiger charge is -2.24. The van der Waals surface area contributed by atoms with Crippen molar-refractivity contribution >= 4 is 0 Å². The zero-order valence-electron chi connectivity index (χ0n) is 12.2. The van der Waals surface area contributed by atoms with Crippen molar-refractivity contribution in [2.45, 2.75) is 33.2 Å². The molecule has 1 N–H and O–H groups in total. The van der Waals surface area contributed by atoms with Gasteiger partial charge in [0.25, 0.3) is 0 Å². The van der Waals surface area contributed by atoms with Crippen molar-refractivity contribution in [2.75, 3.05) is 26.4 Å². The third kappa shape index (κ3) is 3.71. The number of likely N-dealkylation sites (N-methyl/N-ethyl adjacent to an activating group) is 1. The number of aryl methyl sites for hydroxylation is 1. The Balaban J connectivity index is 1.96. The van der Waals surface area contributed by atoms with Crippen molar-refractivity contribution in [1.82, 2.24) is 5.32 Å². The fourth-order valence-electron chi connectivity index (χ4n) is 2.55. The van der Waals surface area contributed by atoms with Crippen molar-refractivity contribution in [3.63, 3.8) is 0 Å². The Morgan fingerprint density at radius 3 is 2.95 bits per heavy atom. The first-order chi connectivity index (χ1) is 9.22. The molecule has 106 valence electrons. The summed E-state index contributed by atoms with van der Waals surface area (Å²) in [5, 5.41) is 3.52. The summed E-state index contributed by atoms with van der Waals surface area (Å²) in [6.45, 7) is 9.80. The molecule has 2 atom stereocenters. The van der Waals surface area contributed by atoms with E-state index in [1.165, 1.54) is 11.1 Å². The zero-order valence-corrected chi connectivity index (χ0v) is 12.2. The summed E-state index contributed by atoms with van der Waals surface area (Å²) in [6.07, 6.45) is 1.13. The molecule has 1 aromatic rings. The Kier molecular flexibility index (Phi) is 5.23. The van der Waals surface area contributed by atoms with E-state index >= 15 is 0 Å². The molecule has 1 aliphatic rings. The van der Waals surface area contributed by atoms with Crippen molar-refractivity contribution in [1.29, 1.82) is 0 Å². The molecule has 3 nitrogen and oxygen atoms in total. The minimum Gasteiger partial charge on any atom is -0.492 e. The highest BCUT2D eigenvalue weighted by molar-refractivity contribution is 5.38. The van der Waals surface area contributed by atoms with Gasteiger partial charge in [-0.15, -0.1) is 0 Å². The van der Waals surface area contributed by atoms with E-state index < -0.39 is 0 Å². The van der Waals surface area contributed by atoms with Crippen LogP contribution in [-0.2, 0) is 4.74 Å². The lowest BCUT2D eigenvalue weighted by molar-refractivity contribution is 0.160. The van der Waals surface area contributed by atoms with Crippen LogP contribution in [0.15, 0.2) is 18.2 Å². The van der Waals surface area contributed by atoms with E-state index in [0.29, 0.717) is 18.6 Å². The number of ether oxygens (including phenoxy) is 2. The molecule has 19 heavy (non-hydrogen) atoms. The highest BCUT2D eigenvalue weighted by atomic mass is 16.5. The third-order valence-electron chi connectivity index (χ3n) is 3.97. The second kappa shape index (κ2) is 6.92. The third-order valence-corrected chi connectivity index (χ3v) is 3.97. The average molecular weight is 263 g/mol. The molecule has 0 radical (unpaired) electrons. The lowest BCUT2D eigenvalue weighted by atomic mass is 9.99. The van der Waals surface area contributed by atoms with E-state index in [0.717, 1.165) is 31.9 Å². The second-order valence-corrected chi connectivity index (χ2v) is 5.30. The summed E-state index contributed by atoms with van der Waals surface area (Å²) in [6, 6.07) is 6.61. The van der Waals surface area contributed by atoms with Crippen LogP contribution in [-0.4, -0.2) is 32.4 Å². The van der Waals surface area contributed by atoms with Gasteiger partial charge in [0, 0.05) is 18.6 Å². The summed E-state index contributed by atoms with van der Waals surface area (Å²) in [7, 11) is 0. The molecule has 0 saturated carbocycles. The van der Waals surface area contributed by atoms with E-state index in [2.05, 4.69) is 44.3 Å². The summed E-state index contributed by atoms with van der Waals surface area (Å²) < 4.78 is 11.5. The maximum Gasteiger partial charge on any atom is 0.122 e. The number of nitrogens with one attached hydrogen (secondary N) is 1. The highest BCUT2D eigenvalue weighted by Crippen LogP contribution is 2.22. The molecule has 0 spiro atoms. The van der Waals surface area contributed by atoms with Crippen molar-refractivity contribution in [2.24, 2.45) is 5.92 Å². The second-order valence-electron chi connectivity index (χ2n) is 5.30. The number of benzene rings is 1. The Bertz CT molecular complexity index is 400. The normalized spacial score (nSPS) is 20.5. The van der Waals surface area contributed by atoms with Crippen LogP contribution in [0.4, 0.5) is 0 Å². The van der Waals surface area contributed by atoms with Crippen molar-refractivity contribution in [3.05, 3.63) is 29.3 Å². The predicted molar refractivity (Wildman–Crippen MR) is 77.8 cm³/mol. The monoisotopic (exact) mass is 263 g/mol. The molecular weight excluding hydrogens is 238 g/mol. The van der Waals surface area contributed by atoms with Crippen molar-refractivity contribution < 1.29 is 9.47 Å². The van der Waals surface area contributed by atoms with Crippen LogP contribution in [0.5, 0.6) is 5.75 Å². The topological polar surface area (TPSA) is 30.5 Å². The van der Waals surface area contributed by atoms with E-state index in [9.17, 15) is 0 Å². The van der Waals surface area contributed by atoms with Gasteiger partial charge in [-0.1, -0.05) is 19.1 Å². The molecule has 0 aromatic heterocycles. The Morgan fingerprint density at radius 1 is 1.42 bits per heavy atom. The maximum absolute atomic E-state index is 6.03. The first kappa shape index (κ1) is 14.4. The smallest absolute Gasteiger partial charge is 0.122 e. The Hall–Kier alpha value is -1.06. The standard InChI is InChI=1S/C16H25NO2/c1-4-17-15(14-8-9-18-10-14)11-19-16-7-5-6-12(2)13(16)3/h5-7,14-15,17H,4,8-11H2,1-3H3. The van der Waals surface area contributed by atoms with Gasteiger partial charge in [0.15, 0.2) is 0 Å². The van der Waals surface area contributed by atoms with E-state index in [1.807, 2.05) is 0 Å². The van der Waals surface area contributed by atoms with E-state index in [1.54, 1.807) is 0 Å². The maximum atomic E-state index is 6.03. The molecule has 1 aromatic carbocycles. The van der Waals surface area contributed by atoms with Crippen LogP contribution < -0.4 is 10.1 Å². The van der Waals surface area contributed by atoms with Gasteiger partial charge in [0.1, 0.15) is 12.4 Å². The van der Waals surface area contributed by atoms with Gasteiger partial charge < -0.3 is 14.8 Å². The van der Waals surface area contributed by atoms with Crippen molar-refractivity contribution in [3.8, 4) is 5.75 Å². The van der Waals surface area contributed by atoms with E-state index in [4.69, 9.17) is 9.47 Å². The summed E-state index contributed by atoms with van der Waals surface area (Å²) in [5.41, 5.74) is 2.52. The first-order valence-corrected chi connectivity index (χ1v) is 7.22. The van der Waals surface area contributed by atoms with Gasteiger partial charge in [-0.05, 0) is 44.0 Å². The van der Waals surface area contributed by atoms with Gasteiger partial charge >= 0.3 is 0 Å². The molecular formula is C16H25NO2. The van der Waals surface area contributed by atoms with Gasteiger partial charge in [-0.3, -0.25) is 0 Å². The summed E-state index contributed by atoms with van der Waals surface area (Å²) in [4.78, 5) is 0. The molecule has 3 heteroatoms. The largest absolute Gasteiger partial charge is 0.492 e. The van der Waals surface area contributed by atoms with Crippen LogP contribution in [0, 0.1) is 19.8 Å². The Labute approximate surface area is 116 Å². The molecule has 1 aliphatic heterocycles. The van der Waals surface area contributed by atoms with Gasteiger partial charge in [0.2, 0.25) is 0 Å². The fourth-order valence-corrected chi connectivity index (χ4v) is 2.55. The minimum absolute atomic E-state index is 0.382. The van der Waals surface area contributed by atoms with Gasteiger partial charge in [-0.2, -0.15) is 0 Å². The minimum atomic E-state index is 0.382. The molecule has 0 bridgehead atoms. The lowest BCUT2D eigenvalue weighted by Crippen LogP contribution is -2.41. The van der Waals surface area contributed by atoms with Crippen LogP contribution in [0.1, 0.15) is 24.5 Å².